The molecule has 3 aromatic rings. The zero-order valence-corrected chi connectivity index (χ0v) is 15.9. The number of aromatic nitrogens is 4. The number of rotatable bonds is 6. The van der Waals surface area contributed by atoms with Crippen molar-refractivity contribution in [1.29, 1.82) is 0 Å². The van der Waals surface area contributed by atoms with E-state index in [1.54, 1.807) is 13.4 Å². The van der Waals surface area contributed by atoms with Crippen LogP contribution in [0.15, 0.2) is 36.9 Å². The Morgan fingerprint density at radius 1 is 1.29 bits per heavy atom. The van der Waals surface area contributed by atoms with Crippen molar-refractivity contribution in [2.24, 2.45) is 5.92 Å². The Morgan fingerprint density at radius 3 is 2.96 bits per heavy atom. The predicted molar refractivity (Wildman–Crippen MR) is 106 cm³/mol. The number of ether oxygens (including phenoxy) is 1. The molecule has 1 atom stereocenters. The van der Waals surface area contributed by atoms with Crippen LogP contribution < -0.4 is 15.0 Å². The standard InChI is InChI=1S/C20H24N6O2/c1-28-16-6-4-14(5-7-16)8-9-21-20(27)15-3-2-10-26(11-15)19-17-18(23-12-22-17)24-13-25-19/h4-7,12-13,15H,2-3,8-11H2,1H3,(H,21,27)(H,22,23,24,25)/t15-/m1/s1. The number of H-pyrrole nitrogens is 1. The van der Waals surface area contributed by atoms with E-state index in [0.717, 1.165) is 42.9 Å². The monoisotopic (exact) mass is 380 g/mol. The Morgan fingerprint density at radius 2 is 2.14 bits per heavy atom. The normalized spacial score (nSPS) is 16.9. The number of nitrogens with one attached hydrogen (secondary N) is 2. The van der Waals surface area contributed by atoms with Crippen molar-refractivity contribution in [3.05, 3.63) is 42.5 Å². The van der Waals surface area contributed by atoms with Crippen molar-refractivity contribution in [3.63, 3.8) is 0 Å². The topological polar surface area (TPSA) is 96.0 Å². The summed E-state index contributed by atoms with van der Waals surface area (Å²) in [4.78, 5) is 30.7. The first kappa shape index (κ1) is 18.2. The van der Waals surface area contributed by atoms with Crippen molar-refractivity contribution < 1.29 is 9.53 Å². The van der Waals surface area contributed by atoms with Crippen LogP contribution in [0.25, 0.3) is 11.2 Å². The summed E-state index contributed by atoms with van der Waals surface area (Å²) in [6.07, 6.45) is 5.79. The Kier molecular flexibility index (Phi) is 5.36. The van der Waals surface area contributed by atoms with Gasteiger partial charge in [0.1, 0.15) is 17.6 Å². The van der Waals surface area contributed by atoms with E-state index in [1.165, 1.54) is 11.9 Å². The fraction of sp³-hybridized carbons (Fsp3) is 0.400. The van der Waals surface area contributed by atoms with E-state index in [-0.39, 0.29) is 11.8 Å². The van der Waals surface area contributed by atoms with Gasteiger partial charge in [0.15, 0.2) is 11.5 Å². The molecule has 0 saturated carbocycles. The molecular formula is C20H24N6O2. The first-order chi connectivity index (χ1) is 13.7. The van der Waals surface area contributed by atoms with Gasteiger partial charge in [0.05, 0.1) is 19.4 Å². The largest absolute Gasteiger partial charge is 0.497 e. The number of hydrogen-bond acceptors (Lipinski definition) is 6. The molecule has 1 aliphatic rings. The van der Waals surface area contributed by atoms with Crippen molar-refractivity contribution >= 4 is 22.9 Å². The van der Waals surface area contributed by atoms with E-state index < -0.39 is 0 Å². The average Bonchev–Trinajstić information content (AvgIpc) is 3.23. The van der Waals surface area contributed by atoms with Crippen LogP contribution in [0, 0.1) is 5.92 Å². The highest BCUT2D eigenvalue weighted by Gasteiger charge is 2.27. The molecule has 1 aliphatic heterocycles. The third kappa shape index (κ3) is 3.90. The lowest BCUT2D eigenvalue weighted by Crippen LogP contribution is -2.43. The number of nitrogens with zero attached hydrogens (tertiary/aromatic N) is 4. The summed E-state index contributed by atoms with van der Waals surface area (Å²) >= 11 is 0. The maximum Gasteiger partial charge on any atom is 0.224 e. The molecular weight excluding hydrogens is 356 g/mol. The van der Waals surface area contributed by atoms with Crippen LogP contribution in [0.5, 0.6) is 5.75 Å². The van der Waals surface area contributed by atoms with Crippen molar-refractivity contribution in [2.75, 3.05) is 31.6 Å². The SMILES string of the molecule is COc1ccc(CCNC(=O)[C@@H]2CCCN(c3ncnc4nc[nH]c34)C2)cc1. The van der Waals surface area contributed by atoms with Gasteiger partial charge in [-0.25, -0.2) is 15.0 Å². The van der Waals surface area contributed by atoms with Gasteiger partial charge in [0.25, 0.3) is 0 Å². The lowest BCUT2D eigenvalue weighted by Gasteiger charge is -2.32. The average molecular weight is 380 g/mol. The van der Waals surface area contributed by atoms with Gasteiger partial charge in [-0.15, -0.1) is 0 Å². The molecule has 2 aromatic heterocycles. The number of fused-ring (bicyclic) bond motifs is 1. The minimum Gasteiger partial charge on any atom is -0.497 e. The summed E-state index contributed by atoms with van der Waals surface area (Å²) in [6.45, 7) is 2.15. The number of amides is 1. The molecule has 8 heteroatoms. The molecule has 28 heavy (non-hydrogen) atoms. The summed E-state index contributed by atoms with van der Waals surface area (Å²) in [5.74, 6) is 1.72. The molecule has 8 nitrogen and oxygen atoms in total. The van der Waals surface area contributed by atoms with Crippen LogP contribution in [0.2, 0.25) is 0 Å². The molecule has 0 radical (unpaired) electrons. The summed E-state index contributed by atoms with van der Waals surface area (Å²) in [6, 6.07) is 7.93. The molecule has 1 aromatic carbocycles. The van der Waals surface area contributed by atoms with E-state index in [9.17, 15) is 4.79 Å². The number of carbonyl (C=O) groups is 1. The summed E-state index contributed by atoms with van der Waals surface area (Å²) in [7, 11) is 1.65. The smallest absolute Gasteiger partial charge is 0.224 e. The third-order valence-corrected chi connectivity index (χ3v) is 5.17. The molecule has 0 spiro atoms. The first-order valence-corrected chi connectivity index (χ1v) is 9.54. The van der Waals surface area contributed by atoms with Crippen LogP contribution in [0.1, 0.15) is 18.4 Å². The summed E-state index contributed by atoms with van der Waals surface area (Å²) in [5.41, 5.74) is 2.65. The molecule has 0 unspecified atom stereocenters. The third-order valence-electron chi connectivity index (χ3n) is 5.17. The number of piperidine rings is 1. The molecule has 1 saturated heterocycles. The van der Waals surface area contributed by atoms with Crippen molar-refractivity contribution in [1.82, 2.24) is 25.3 Å². The summed E-state index contributed by atoms with van der Waals surface area (Å²) in [5, 5.41) is 3.08. The fourth-order valence-electron chi connectivity index (χ4n) is 3.64. The van der Waals surface area contributed by atoms with Gasteiger partial charge in [0.2, 0.25) is 5.91 Å². The van der Waals surface area contributed by atoms with Gasteiger partial charge >= 0.3 is 0 Å². The Hall–Kier alpha value is -3.16. The van der Waals surface area contributed by atoms with Crippen LogP contribution in [-0.2, 0) is 11.2 Å². The number of carbonyl (C=O) groups excluding carboxylic acids is 1. The number of benzene rings is 1. The second-order valence-corrected chi connectivity index (χ2v) is 6.97. The maximum absolute atomic E-state index is 12.7. The molecule has 2 N–H and O–H groups in total. The minimum absolute atomic E-state index is 0.0439. The van der Waals surface area contributed by atoms with Crippen molar-refractivity contribution in [2.45, 2.75) is 19.3 Å². The minimum atomic E-state index is -0.0439. The predicted octanol–water partition coefficient (Wildman–Crippen LogP) is 1.94. The molecule has 0 aliphatic carbocycles. The van der Waals surface area contributed by atoms with Gasteiger partial charge in [-0.05, 0) is 37.0 Å². The van der Waals surface area contributed by atoms with Gasteiger partial charge in [-0.3, -0.25) is 4.79 Å². The molecule has 1 fully saturated rings. The van der Waals surface area contributed by atoms with E-state index in [4.69, 9.17) is 4.74 Å². The van der Waals surface area contributed by atoms with E-state index in [0.29, 0.717) is 18.7 Å². The van der Waals surface area contributed by atoms with E-state index in [2.05, 4.69) is 30.2 Å². The lowest BCUT2D eigenvalue weighted by molar-refractivity contribution is -0.125. The second-order valence-electron chi connectivity index (χ2n) is 6.97. The highest BCUT2D eigenvalue weighted by Crippen LogP contribution is 2.25. The van der Waals surface area contributed by atoms with E-state index >= 15 is 0 Å². The lowest BCUT2D eigenvalue weighted by atomic mass is 9.97. The molecule has 3 heterocycles. The van der Waals surface area contributed by atoms with Gasteiger partial charge < -0.3 is 19.9 Å². The number of imidazole rings is 1. The number of hydrogen-bond donors (Lipinski definition) is 2. The second kappa shape index (κ2) is 8.24. The number of methoxy groups -OCH3 is 1. The number of aromatic amines is 1. The Labute approximate surface area is 163 Å². The van der Waals surface area contributed by atoms with Crippen LogP contribution in [0.3, 0.4) is 0 Å². The van der Waals surface area contributed by atoms with Crippen LogP contribution in [-0.4, -0.2) is 52.6 Å². The zero-order chi connectivity index (χ0) is 19.3. The molecule has 0 bridgehead atoms. The first-order valence-electron chi connectivity index (χ1n) is 9.54. The fourth-order valence-corrected chi connectivity index (χ4v) is 3.64. The van der Waals surface area contributed by atoms with Crippen LogP contribution in [0.4, 0.5) is 5.82 Å². The van der Waals surface area contributed by atoms with Gasteiger partial charge in [-0.1, -0.05) is 12.1 Å². The molecule has 1 amide bonds. The number of anilines is 1. The quantitative estimate of drug-likeness (QED) is 0.678. The van der Waals surface area contributed by atoms with E-state index in [1.807, 2.05) is 24.3 Å². The maximum atomic E-state index is 12.7. The zero-order valence-electron chi connectivity index (χ0n) is 15.9. The van der Waals surface area contributed by atoms with Crippen molar-refractivity contribution in [3.8, 4) is 5.75 Å². The molecule has 4 rings (SSSR count). The highest BCUT2D eigenvalue weighted by molar-refractivity contribution is 5.84. The highest BCUT2D eigenvalue weighted by atomic mass is 16.5. The molecule has 146 valence electrons. The summed E-state index contributed by atoms with van der Waals surface area (Å²) < 4.78 is 5.17. The Balaban J connectivity index is 1.33. The van der Waals surface area contributed by atoms with Gasteiger partial charge in [-0.2, -0.15) is 0 Å². The van der Waals surface area contributed by atoms with Gasteiger partial charge in [0, 0.05) is 19.6 Å². The Bertz CT molecular complexity index is 939. The van der Waals surface area contributed by atoms with Crippen LogP contribution >= 0.6 is 0 Å².